The first-order valence-corrected chi connectivity index (χ1v) is 19.7. The summed E-state index contributed by atoms with van der Waals surface area (Å²) in [5.41, 5.74) is 7.02. The Kier molecular flexibility index (Phi) is 11.2. The minimum atomic E-state index is -0.398. The summed E-state index contributed by atoms with van der Waals surface area (Å²) in [5, 5.41) is 9.93. The first-order chi connectivity index (χ1) is 27.4. The predicted octanol–water partition coefficient (Wildman–Crippen LogP) is 8.24. The number of aliphatic hydroxyl groups excluding tert-OH is 1. The van der Waals surface area contributed by atoms with Crippen LogP contribution in [0.3, 0.4) is 0 Å². The molecule has 0 amide bonds. The van der Waals surface area contributed by atoms with Crippen LogP contribution in [0.15, 0.2) is 112 Å². The summed E-state index contributed by atoms with van der Waals surface area (Å²) in [4.78, 5) is 12.2. The number of benzene rings is 5. The monoisotopic (exact) mass is 782 g/mol. The molecule has 3 heterocycles. The molecule has 4 aromatic carbocycles. The third kappa shape index (κ3) is 8.20. The van der Waals surface area contributed by atoms with Crippen molar-refractivity contribution in [2.45, 2.75) is 97.9 Å². The van der Waals surface area contributed by atoms with Crippen molar-refractivity contribution in [2.24, 2.45) is 0 Å². The van der Waals surface area contributed by atoms with E-state index in [4.69, 9.17) is 37.6 Å². The minimum Gasteiger partial charge on any atom is -0.497 e. The lowest BCUT2D eigenvalue weighted by Crippen LogP contribution is -2.41. The maximum absolute atomic E-state index is 12.2. The third-order valence-corrected chi connectivity index (χ3v) is 12.0. The summed E-state index contributed by atoms with van der Waals surface area (Å²) < 4.78 is 42.0. The van der Waals surface area contributed by atoms with E-state index in [0.29, 0.717) is 23.7 Å². The summed E-state index contributed by atoms with van der Waals surface area (Å²) in [6, 6.07) is 32.5. The molecule has 2 saturated heterocycles. The highest BCUT2D eigenvalue weighted by Crippen LogP contribution is 2.43. The maximum Gasteiger partial charge on any atom is 0.494 e. The van der Waals surface area contributed by atoms with E-state index in [1.165, 1.54) is 6.07 Å². The van der Waals surface area contributed by atoms with Gasteiger partial charge >= 0.3 is 14.2 Å². The molecule has 0 unspecified atom stereocenters. The van der Waals surface area contributed by atoms with Crippen molar-refractivity contribution in [3.63, 3.8) is 0 Å². The van der Waals surface area contributed by atoms with Gasteiger partial charge in [0.1, 0.15) is 29.4 Å². The molecule has 0 radical (unpaired) electrons. The number of hydrogen-bond acceptors (Lipinski definition) is 9. The Morgan fingerprint density at radius 1 is 0.603 bits per heavy atom. The van der Waals surface area contributed by atoms with E-state index >= 15 is 0 Å². The quantitative estimate of drug-likeness (QED) is 0.121. The van der Waals surface area contributed by atoms with E-state index in [0.717, 1.165) is 55.4 Å². The van der Waals surface area contributed by atoms with Crippen LogP contribution in [-0.4, -0.2) is 48.9 Å². The lowest BCUT2D eigenvalue weighted by Gasteiger charge is -2.32. The smallest absolute Gasteiger partial charge is 0.494 e. The van der Waals surface area contributed by atoms with Crippen LogP contribution in [0.25, 0.3) is 33.4 Å². The van der Waals surface area contributed by atoms with Crippen LogP contribution in [0.1, 0.15) is 72.1 Å². The highest BCUT2D eigenvalue weighted by Gasteiger charge is 2.52. The number of aryl methyl sites for hydroxylation is 1. The molecule has 300 valence electrons. The maximum atomic E-state index is 12.2. The van der Waals surface area contributed by atoms with Crippen LogP contribution in [0.4, 0.5) is 0 Å². The lowest BCUT2D eigenvalue weighted by molar-refractivity contribution is 0.00578. The molecular formula is C47H52B2O9. The Balaban J connectivity index is 0.000000252. The zero-order valence-electron chi connectivity index (χ0n) is 35.1. The van der Waals surface area contributed by atoms with E-state index in [2.05, 4.69) is 34.6 Å². The Hall–Kier alpha value is -4.90. The SMILES string of the molecule is CC1(C)OB(c2ccc(CO)cc2)OC1(C)C.COc1ccc(-c2c3ccc(=O)cc-3oc3cc(OCc4ccc(B5OC(C)(C)C(C)(C)O5)cc4)ccc23)c(C)c1. The summed E-state index contributed by atoms with van der Waals surface area (Å²) in [7, 11) is 0.935. The topological polar surface area (TPSA) is 106 Å². The third-order valence-electron chi connectivity index (χ3n) is 12.0. The van der Waals surface area contributed by atoms with Crippen molar-refractivity contribution in [3.05, 3.63) is 130 Å². The second kappa shape index (κ2) is 15.7. The van der Waals surface area contributed by atoms with Crippen molar-refractivity contribution in [2.75, 3.05) is 7.11 Å². The van der Waals surface area contributed by atoms with Gasteiger partial charge in [-0.3, -0.25) is 4.79 Å². The molecule has 4 aromatic rings. The zero-order chi connectivity index (χ0) is 41.6. The van der Waals surface area contributed by atoms with Crippen molar-refractivity contribution >= 4 is 36.1 Å². The number of fused-ring (bicyclic) bond motifs is 2. The van der Waals surface area contributed by atoms with Gasteiger partial charge in [0, 0.05) is 28.6 Å². The van der Waals surface area contributed by atoms with Gasteiger partial charge in [0.05, 0.1) is 36.1 Å². The molecule has 8 rings (SSSR count). The molecule has 1 N–H and O–H groups in total. The fourth-order valence-corrected chi connectivity index (χ4v) is 6.95. The van der Waals surface area contributed by atoms with Gasteiger partial charge in [0.2, 0.25) is 0 Å². The minimum absolute atomic E-state index is 0.0592. The molecule has 9 nitrogen and oxygen atoms in total. The molecule has 2 fully saturated rings. The molecule has 11 heteroatoms. The highest BCUT2D eigenvalue weighted by molar-refractivity contribution is 6.62. The molecule has 0 atom stereocenters. The normalized spacial score (nSPS) is 17.6. The van der Waals surface area contributed by atoms with E-state index in [-0.39, 0.29) is 41.6 Å². The lowest BCUT2D eigenvalue weighted by atomic mass is 9.79. The summed E-state index contributed by atoms with van der Waals surface area (Å²) in [6.07, 6.45) is 0. The Bertz CT molecular complexity index is 2400. The van der Waals surface area contributed by atoms with Crippen molar-refractivity contribution in [1.29, 1.82) is 0 Å². The average Bonchev–Trinajstić information content (AvgIpc) is 3.55. The van der Waals surface area contributed by atoms with Crippen LogP contribution < -0.4 is 25.8 Å². The van der Waals surface area contributed by atoms with E-state index in [9.17, 15) is 4.79 Å². The van der Waals surface area contributed by atoms with E-state index in [1.807, 2.05) is 119 Å². The molecular weight excluding hydrogens is 730 g/mol. The molecule has 0 bridgehead atoms. The average molecular weight is 783 g/mol. The van der Waals surface area contributed by atoms with Crippen LogP contribution in [0.2, 0.25) is 0 Å². The number of methoxy groups -OCH3 is 1. The van der Waals surface area contributed by atoms with Gasteiger partial charge in [-0.05, 0) is 132 Å². The van der Waals surface area contributed by atoms with Crippen molar-refractivity contribution in [1.82, 2.24) is 0 Å². The van der Waals surface area contributed by atoms with Gasteiger partial charge in [-0.1, -0.05) is 54.6 Å². The molecule has 3 aliphatic heterocycles. The van der Waals surface area contributed by atoms with Crippen LogP contribution in [-0.2, 0) is 31.8 Å². The fourth-order valence-electron chi connectivity index (χ4n) is 6.95. The fraction of sp³-hybridized carbons (Fsp3) is 0.340. The van der Waals surface area contributed by atoms with Gasteiger partial charge in [-0.2, -0.15) is 0 Å². The second-order valence-electron chi connectivity index (χ2n) is 17.1. The number of rotatable bonds is 8. The standard InChI is InChI=1S/C34H33BO6.C13H19BO3/c1-21-17-25(37-6)12-15-27(21)32-28-14-11-24(36)18-30(28)39-31-19-26(13-16-29(31)32)38-20-22-7-9-23(10-8-22)35-40-33(2,3)34(4,5)41-35;1-12(2)13(3,4)17-14(16-12)11-7-5-10(9-15)6-8-11/h7-19H,20H2,1-6H3;5-8,15H,9H2,1-4H3. The van der Waals surface area contributed by atoms with Crippen LogP contribution in [0, 0.1) is 6.92 Å². The predicted molar refractivity (Wildman–Crippen MR) is 230 cm³/mol. The van der Waals surface area contributed by atoms with Crippen molar-refractivity contribution < 1.29 is 37.6 Å². The van der Waals surface area contributed by atoms with Gasteiger partial charge in [-0.15, -0.1) is 0 Å². The van der Waals surface area contributed by atoms with Gasteiger partial charge < -0.3 is 37.6 Å². The van der Waals surface area contributed by atoms with E-state index < -0.39 is 7.12 Å². The van der Waals surface area contributed by atoms with Crippen LogP contribution in [0.5, 0.6) is 11.5 Å². The molecule has 0 aromatic heterocycles. The van der Waals surface area contributed by atoms with Crippen LogP contribution >= 0.6 is 0 Å². The summed E-state index contributed by atoms with van der Waals surface area (Å²) in [6.45, 7) is 18.8. The Morgan fingerprint density at radius 2 is 1.12 bits per heavy atom. The molecule has 0 spiro atoms. The molecule has 1 aliphatic carbocycles. The first kappa shape index (κ1) is 41.3. The number of aliphatic hydroxyl groups is 1. The Labute approximate surface area is 341 Å². The van der Waals surface area contributed by atoms with Gasteiger partial charge in [-0.25, -0.2) is 0 Å². The van der Waals surface area contributed by atoms with Crippen molar-refractivity contribution in [3.8, 4) is 33.9 Å². The summed E-state index contributed by atoms with van der Waals surface area (Å²) in [5.74, 6) is 2.00. The second-order valence-corrected chi connectivity index (χ2v) is 17.1. The zero-order valence-corrected chi connectivity index (χ0v) is 35.1. The van der Waals surface area contributed by atoms with Gasteiger partial charge in [0.15, 0.2) is 5.43 Å². The number of hydrogen-bond donors (Lipinski definition) is 1. The number of ether oxygens (including phenoxy) is 2. The summed E-state index contributed by atoms with van der Waals surface area (Å²) >= 11 is 0. The molecule has 4 aliphatic rings. The Morgan fingerprint density at radius 3 is 1.64 bits per heavy atom. The largest absolute Gasteiger partial charge is 0.497 e. The molecule has 0 saturated carbocycles. The van der Waals surface area contributed by atoms with Gasteiger partial charge in [0.25, 0.3) is 0 Å². The van der Waals surface area contributed by atoms with E-state index in [1.54, 1.807) is 13.2 Å². The highest BCUT2D eigenvalue weighted by atomic mass is 16.7. The molecule has 58 heavy (non-hydrogen) atoms. The first-order valence-electron chi connectivity index (χ1n) is 19.7.